The van der Waals surface area contributed by atoms with Gasteiger partial charge in [0.05, 0.1) is 28.8 Å². The van der Waals surface area contributed by atoms with Crippen molar-refractivity contribution >= 4 is 52.7 Å². The topological polar surface area (TPSA) is 129 Å². The van der Waals surface area contributed by atoms with Crippen molar-refractivity contribution in [3.05, 3.63) is 153 Å². The average Bonchev–Trinajstić information content (AvgIpc) is 4.07. The van der Waals surface area contributed by atoms with Crippen molar-refractivity contribution in [2.75, 3.05) is 45.1 Å². The number of alkyl carbamates (subject to hydrolysis) is 1. The molecule has 1 aliphatic carbocycles. The first-order valence-electron chi connectivity index (χ1n) is 23.2. The number of amides is 2. The van der Waals surface area contributed by atoms with Crippen LogP contribution in [0, 0.1) is 11.8 Å². The molecular weight excluding hydrogens is 950 g/mol. The summed E-state index contributed by atoms with van der Waals surface area (Å²) in [5.74, 6) is 1.26. The van der Waals surface area contributed by atoms with E-state index in [1.54, 1.807) is 29.2 Å². The number of aromatic nitrogens is 1. The summed E-state index contributed by atoms with van der Waals surface area (Å²) in [6.45, 7) is 0.372. The highest BCUT2D eigenvalue weighted by Gasteiger charge is 2.38. The van der Waals surface area contributed by atoms with Gasteiger partial charge in [-0.25, -0.2) is 4.79 Å². The monoisotopic (exact) mass is 1000 g/mol. The summed E-state index contributed by atoms with van der Waals surface area (Å²) in [4.78, 5) is 49.2. The van der Waals surface area contributed by atoms with Crippen molar-refractivity contribution in [2.24, 2.45) is 11.8 Å². The van der Waals surface area contributed by atoms with E-state index in [0.717, 1.165) is 62.0 Å². The molecule has 5 fully saturated rings. The third-order valence-electron chi connectivity index (χ3n) is 13.0. The molecule has 12 nitrogen and oxygen atoms in total. The molecular formula is C52H52Cl2F2N4O8S. The van der Waals surface area contributed by atoms with Crippen LogP contribution in [0.5, 0.6) is 17.2 Å². The van der Waals surface area contributed by atoms with Gasteiger partial charge in [-0.3, -0.25) is 19.5 Å². The van der Waals surface area contributed by atoms with Crippen LogP contribution in [-0.4, -0.2) is 95.8 Å². The van der Waals surface area contributed by atoms with E-state index in [1.165, 1.54) is 30.2 Å². The molecule has 5 aliphatic rings. The number of alkyl halides is 2. The van der Waals surface area contributed by atoms with Crippen LogP contribution in [0.1, 0.15) is 76.0 Å². The van der Waals surface area contributed by atoms with Crippen LogP contribution in [0.15, 0.2) is 109 Å². The summed E-state index contributed by atoms with van der Waals surface area (Å²) in [7, 11) is 0. The van der Waals surface area contributed by atoms with Crippen LogP contribution in [0.25, 0.3) is 0 Å². The van der Waals surface area contributed by atoms with E-state index >= 15 is 0 Å². The number of Topliss-reactive ketones (excluding diaryl/α,β-unsaturated/α-hetero) is 1. The number of ether oxygens (including phenoxy) is 5. The van der Waals surface area contributed by atoms with Crippen molar-refractivity contribution in [3.63, 3.8) is 0 Å². The van der Waals surface area contributed by atoms with Gasteiger partial charge in [0, 0.05) is 43.2 Å². The van der Waals surface area contributed by atoms with Gasteiger partial charge in [-0.1, -0.05) is 83.9 Å². The zero-order chi connectivity index (χ0) is 47.9. The number of carbonyl (C=O) groups excluding carboxylic acids is 3. The number of carbonyl (C=O) groups is 3. The van der Waals surface area contributed by atoms with Gasteiger partial charge >= 0.3 is 12.7 Å². The summed E-state index contributed by atoms with van der Waals surface area (Å²) >= 11 is 14.4. The molecule has 0 radical (unpaired) electrons. The molecule has 1 aromatic heterocycles. The normalized spacial score (nSPS) is 20.6. The minimum absolute atomic E-state index is 0.118. The lowest BCUT2D eigenvalue weighted by Crippen LogP contribution is -2.52. The number of benzene rings is 4. The van der Waals surface area contributed by atoms with Crippen molar-refractivity contribution in [1.82, 2.24) is 20.1 Å². The van der Waals surface area contributed by atoms with E-state index in [0.29, 0.717) is 63.2 Å². The van der Waals surface area contributed by atoms with Crippen molar-refractivity contribution in [2.45, 2.75) is 68.9 Å². The number of rotatable bonds is 20. The largest absolute Gasteiger partial charge is 0.489 e. The summed E-state index contributed by atoms with van der Waals surface area (Å²) < 4.78 is 55.9. The quantitative estimate of drug-likeness (QED) is 0.0800. The van der Waals surface area contributed by atoms with E-state index in [1.807, 2.05) is 66.7 Å². The molecule has 2 bridgehead atoms. The molecule has 2 amide bonds. The summed E-state index contributed by atoms with van der Waals surface area (Å²) in [6, 6.07) is 28.5. The number of halogens is 4. The highest BCUT2D eigenvalue weighted by atomic mass is 35.5. The van der Waals surface area contributed by atoms with Crippen LogP contribution >= 0.6 is 35.0 Å². The molecule has 1 saturated carbocycles. The molecule has 4 saturated heterocycles. The maximum absolute atomic E-state index is 14.0. The van der Waals surface area contributed by atoms with Crippen molar-refractivity contribution < 1.29 is 46.8 Å². The van der Waals surface area contributed by atoms with Crippen LogP contribution < -0.4 is 19.5 Å². The average molecular weight is 1000 g/mol. The highest BCUT2D eigenvalue weighted by Crippen LogP contribution is 2.39. The number of hydrogen-bond acceptors (Lipinski definition) is 11. The minimum atomic E-state index is -3.06. The van der Waals surface area contributed by atoms with Gasteiger partial charge in [0.2, 0.25) is 0 Å². The van der Waals surface area contributed by atoms with Gasteiger partial charge in [-0.05, 0) is 115 Å². The lowest BCUT2D eigenvalue weighted by Gasteiger charge is -2.43. The standard InChI is InChI=1S/C52H52Cl2F2N4O8S/c53-41-26-57-27-42(54)40(41)25-45(37-15-16-44(67-51(55)56)46(24-37)65-30-32-9-10-32)66-31-43(61)50-60(21-22-69-50)49(62)36-13-11-33(12-14-36)29-64-39-8-4-7-38(23-39)48(35-5-2-1-3-6-35)58-52(63)68-47-28-59-19-17-34(47)18-20-59/h1-8,11-16,23-24,26-27,32,34,45,47-48,50-51H,9-10,17-22,25,28-31H2,(H,58,63)/t45-,47-,48-,50-/m0/s1. The summed E-state index contributed by atoms with van der Waals surface area (Å²) in [6.07, 6.45) is 5.70. The third-order valence-corrected chi connectivity index (χ3v) is 14.9. The van der Waals surface area contributed by atoms with Crippen LogP contribution in [0.4, 0.5) is 13.6 Å². The number of hydrogen-bond donors (Lipinski definition) is 1. The predicted molar refractivity (Wildman–Crippen MR) is 258 cm³/mol. The Hall–Kier alpha value is -5.45. The van der Waals surface area contributed by atoms with Gasteiger partial charge in [-0.15, -0.1) is 11.8 Å². The van der Waals surface area contributed by atoms with E-state index < -0.39 is 30.2 Å². The SMILES string of the molecule is O=C(N[C@@H](c1ccccc1)c1cccc(OCc2ccc(C(=O)N3CCS[C@H]3C(=O)CO[C@@H](Cc3c(Cl)cncc3Cl)c3ccc(OC(F)F)c(OCC4CC4)c3)cc2)c1)O[C@H]1CN2CCC1CC2. The van der Waals surface area contributed by atoms with Crippen LogP contribution in [-0.2, 0) is 27.3 Å². The Balaban J connectivity index is 0.831. The fourth-order valence-corrected chi connectivity index (χ4v) is 10.7. The first kappa shape index (κ1) is 48.6. The second kappa shape index (κ2) is 22.5. The molecule has 5 aromatic rings. The Bertz CT molecular complexity index is 2570. The third kappa shape index (κ3) is 12.5. The van der Waals surface area contributed by atoms with E-state index in [4.69, 9.17) is 46.9 Å². The van der Waals surface area contributed by atoms with Crippen LogP contribution in [0.3, 0.4) is 0 Å². The lowest BCUT2D eigenvalue weighted by atomic mass is 9.86. The van der Waals surface area contributed by atoms with Gasteiger partial charge in [0.15, 0.2) is 17.3 Å². The zero-order valence-corrected chi connectivity index (χ0v) is 40.0. The van der Waals surface area contributed by atoms with Gasteiger partial charge in [-0.2, -0.15) is 8.78 Å². The Morgan fingerprint density at radius 1 is 0.812 bits per heavy atom. The fraction of sp³-hybridized carbons (Fsp3) is 0.385. The molecule has 4 aliphatic heterocycles. The predicted octanol–water partition coefficient (Wildman–Crippen LogP) is 10.4. The minimum Gasteiger partial charge on any atom is -0.489 e. The highest BCUT2D eigenvalue weighted by molar-refractivity contribution is 8.00. The van der Waals surface area contributed by atoms with Gasteiger partial charge in [0.25, 0.3) is 5.91 Å². The van der Waals surface area contributed by atoms with Crippen molar-refractivity contribution in [1.29, 1.82) is 0 Å². The van der Waals surface area contributed by atoms with Crippen molar-refractivity contribution in [3.8, 4) is 17.2 Å². The molecule has 362 valence electrons. The molecule has 4 atom stereocenters. The van der Waals surface area contributed by atoms with Gasteiger partial charge in [0.1, 0.15) is 30.4 Å². The Morgan fingerprint density at radius 2 is 1.57 bits per heavy atom. The van der Waals surface area contributed by atoms with E-state index in [9.17, 15) is 23.2 Å². The summed E-state index contributed by atoms with van der Waals surface area (Å²) in [5.41, 5.74) is 4.02. The molecule has 1 N–H and O–H groups in total. The number of ketones is 1. The van der Waals surface area contributed by atoms with Crippen LogP contribution in [0.2, 0.25) is 10.0 Å². The first-order valence-corrected chi connectivity index (χ1v) is 25.0. The number of pyridine rings is 1. The summed E-state index contributed by atoms with van der Waals surface area (Å²) in [5, 5.41) is 2.89. The van der Waals surface area contributed by atoms with E-state index in [-0.39, 0.29) is 48.9 Å². The second-order valence-corrected chi connectivity index (χ2v) is 19.7. The lowest BCUT2D eigenvalue weighted by molar-refractivity contribution is -0.127. The molecule has 4 aromatic carbocycles. The number of nitrogens with zero attached hydrogens (tertiary/aromatic N) is 3. The maximum atomic E-state index is 14.0. The first-order chi connectivity index (χ1) is 33.5. The molecule has 17 heteroatoms. The Kier molecular flexibility index (Phi) is 15.9. The molecule has 0 spiro atoms. The number of nitrogens with one attached hydrogen (secondary N) is 1. The fourth-order valence-electron chi connectivity index (χ4n) is 9.01. The molecule has 0 unspecified atom stereocenters. The molecule has 69 heavy (non-hydrogen) atoms. The number of piperidine rings is 3. The molecule has 10 rings (SSSR count). The molecule has 5 heterocycles. The number of fused-ring (bicyclic) bond motifs is 3. The zero-order valence-electron chi connectivity index (χ0n) is 37.7. The Morgan fingerprint density at radius 3 is 2.28 bits per heavy atom. The smallest absolute Gasteiger partial charge is 0.408 e. The maximum Gasteiger partial charge on any atom is 0.408 e. The second-order valence-electron chi connectivity index (χ2n) is 17.7. The van der Waals surface area contributed by atoms with E-state index in [2.05, 4.69) is 15.2 Å². The Labute approximate surface area is 413 Å². The number of thioether (sulfide) groups is 1. The van der Waals surface area contributed by atoms with Gasteiger partial charge < -0.3 is 33.9 Å².